The summed E-state index contributed by atoms with van der Waals surface area (Å²) in [6.45, 7) is 7.02. The van der Waals surface area contributed by atoms with Crippen LogP contribution in [0.2, 0.25) is 0 Å². The SMILES string of the molecule is OC1(c2ccccc2)C(CN2CCCCC2)CCCC1CN1CCCCC1. The molecular formula is C24H38N2O. The van der Waals surface area contributed by atoms with Crippen LogP contribution >= 0.6 is 0 Å². The van der Waals surface area contributed by atoms with E-state index >= 15 is 0 Å². The summed E-state index contributed by atoms with van der Waals surface area (Å²) in [7, 11) is 0. The molecule has 2 aliphatic heterocycles. The molecule has 3 heteroatoms. The molecule has 3 nitrogen and oxygen atoms in total. The van der Waals surface area contributed by atoms with Crippen LogP contribution in [0.1, 0.15) is 63.4 Å². The Morgan fingerprint density at radius 3 is 1.67 bits per heavy atom. The van der Waals surface area contributed by atoms with Gasteiger partial charge in [-0.25, -0.2) is 0 Å². The summed E-state index contributed by atoms with van der Waals surface area (Å²) in [5, 5.41) is 12.3. The van der Waals surface area contributed by atoms with E-state index in [0.29, 0.717) is 11.8 Å². The van der Waals surface area contributed by atoms with Crippen LogP contribution in [-0.2, 0) is 5.60 Å². The Hall–Kier alpha value is -0.900. The lowest BCUT2D eigenvalue weighted by Crippen LogP contribution is -2.53. The Balaban J connectivity index is 1.56. The van der Waals surface area contributed by atoms with Gasteiger partial charge in [0.25, 0.3) is 0 Å². The number of piperidine rings is 2. The molecule has 1 aromatic carbocycles. The molecule has 2 heterocycles. The van der Waals surface area contributed by atoms with Gasteiger partial charge in [0.2, 0.25) is 0 Å². The summed E-state index contributed by atoms with van der Waals surface area (Å²) in [6, 6.07) is 10.7. The number of nitrogens with zero attached hydrogens (tertiary/aromatic N) is 2. The Labute approximate surface area is 165 Å². The standard InChI is InChI=1S/C24H38N2O/c27-24(21-11-4-1-5-12-21)22(19-25-15-6-2-7-16-25)13-10-14-23(24)20-26-17-8-3-9-18-26/h1,4-5,11-12,22-23,27H,2-3,6-10,13-20H2. The summed E-state index contributed by atoms with van der Waals surface area (Å²) in [5.74, 6) is 0.725. The molecular weight excluding hydrogens is 332 g/mol. The van der Waals surface area contributed by atoms with Crippen LogP contribution in [0.3, 0.4) is 0 Å². The lowest BCUT2D eigenvalue weighted by Gasteiger charge is -2.49. The molecule has 1 aliphatic carbocycles. The van der Waals surface area contributed by atoms with Gasteiger partial charge in [-0.2, -0.15) is 0 Å². The van der Waals surface area contributed by atoms with Gasteiger partial charge < -0.3 is 14.9 Å². The van der Waals surface area contributed by atoms with Gasteiger partial charge in [-0.05, 0) is 70.3 Å². The normalized spacial score (nSPS) is 33.8. The van der Waals surface area contributed by atoms with Crippen LogP contribution in [0.15, 0.2) is 30.3 Å². The van der Waals surface area contributed by atoms with Crippen molar-refractivity contribution in [3.05, 3.63) is 35.9 Å². The second-order valence-corrected chi connectivity index (χ2v) is 9.24. The zero-order chi connectivity index (χ0) is 18.5. The monoisotopic (exact) mass is 370 g/mol. The van der Waals surface area contributed by atoms with Crippen LogP contribution in [0, 0.1) is 11.8 Å². The first-order chi connectivity index (χ1) is 13.3. The summed E-state index contributed by atoms with van der Waals surface area (Å²) in [4.78, 5) is 5.26. The molecule has 0 aromatic heterocycles. The first-order valence-corrected chi connectivity index (χ1v) is 11.5. The molecule has 2 saturated heterocycles. The van der Waals surface area contributed by atoms with Gasteiger partial charge in [-0.1, -0.05) is 49.6 Å². The number of hydrogen-bond acceptors (Lipinski definition) is 3. The number of aliphatic hydroxyl groups is 1. The van der Waals surface area contributed by atoms with Crippen LogP contribution in [0.4, 0.5) is 0 Å². The molecule has 4 rings (SSSR count). The number of hydrogen-bond donors (Lipinski definition) is 1. The lowest BCUT2D eigenvalue weighted by molar-refractivity contribution is -0.119. The Morgan fingerprint density at radius 2 is 1.19 bits per heavy atom. The Morgan fingerprint density at radius 1 is 0.704 bits per heavy atom. The largest absolute Gasteiger partial charge is 0.384 e. The van der Waals surface area contributed by atoms with Crippen LogP contribution < -0.4 is 0 Å². The van der Waals surface area contributed by atoms with E-state index in [4.69, 9.17) is 0 Å². The highest BCUT2D eigenvalue weighted by atomic mass is 16.3. The average molecular weight is 371 g/mol. The highest BCUT2D eigenvalue weighted by Gasteiger charge is 2.48. The quantitative estimate of drug-likeness (QED) is 0.839. The van der Waals surface area contributed by atoms with E-state index in [9.17, 15) is 5.11 Å². The Kier molecular flexibility index (Phi) is 6.52. The molecule has 1 N–H and O–H groups in total. The molecule has 3 fully saturated rings. The highest BCUT2D eigenvalue weighted by molar-refractivity contribution is 5.26. The van der Waals surface area contributed by atoms with E-state index < -0.39 is 5.60 Å². The minimum Gasteiger partial charge on any atom is -0.384 e. The molecule has 0 amide bonds. The van der Waals surface area contributed by atoms with E-state index in [1.165, 1.54) is 84.0 Å². The van der Waals surface area contributed by atoms with Crippen molar-refractivity contribution in [2.75, 3.05) is 39.3 Å². The maximum atomic E-state index is 12.3. The molecule has 0 spiro atoms. The zero-order valence-corrected chi connectivity index (χ0v) is 17.0. The van der Waals surface area contributed by atoms with Gasteiger partial charge in [0.1, 0.15) is 0 Å². The van der Waals surface area contributed by atoms with Crippen molar-refractivity contribution in [3.63, 3.8) is 0 Å². The van der Waals surface area contributed by atoms with Crippen LogP contribution in [0.5, 0.6) is 0 Å². The second-order valence-electron chi connectivity index (χ2n) is 9.24. The third-order valence-electron chi connectivity index (χ3n) is 7.44. The number of likely N-dealkylation sites (tertiary alicyclic amines) is 2. The van der Waals surface area contributed by atoms with Crippen molar-refractivity contribution in [2.24, 2.45) is 11.8 Å². The fourth-order valence-corrected chi connectivity index (χ4v) is 5.93. The summed E-state index contributed by atoms with van der Waals surface area (Å²) in [6.07, 6.45) is 11.7. The van der Waals surface area contributed by atoms with Gasteiger partial charge in [0.05, 0.1) is 5.60 Å². The maximum absolute atomic E-state index is 12.3. The second kappa shape index (κ2) is 9.07. The van der Waals surface area contributed by atoms with E-state index in [0.717, 1.165) is 18.7 Å². The van der Waals surface area contributed by atoms with Gasteiger partial charge in [0, 0.05) is 24.9 Å². The minimum atomic E-state index is -0.672. The van der Waals surface area contributed by atoms with E-state index in [-0.39, 0.29) is 0 Å². The molecule has 1 saturated carbocycles. The zero-order valence-electron chi connectivity index (χ0n) is 17.0. The number of benzene rings is 1. The van der Waals surface area contributed by atoms with E-state index in [1.807, 2.05) is 0 Å². The maximum Gasteiger partial charge on any atom is 0.0976 e. The molecule has 3 aliphatic rings. The summed E-state index contributed by atoms with van der Waals surface area (Å²) >= 11 is 0. The molecule has 0 radical (unpaired) electrons. The third kappa shape index (κ3) is 4.41. The van der Waals surface area contributed by atoms with Crippen molar-refractivity contribution < 1.29 is 5.11 Å². The third-order valence-corrected chi connectivity index (χ3v) is 7.44. The van der Waals surface area contributed by atoms with Crippen molar-refractivity contribution >= 4 is 0 Å². The molecule has 1 aromatic rings. The lowest BCUT2D eigenvalue weighted by atomic mass is 9.64. The van der Waals surface area contributed by atoms with Crippen molar-refractivity contribution in [3.8, 4) is 0 Å². The summed E-state index contributed by atoms with van der Waals surface area (Å²) < 4.78 is 0. The van der Waals surface area contributed by atoms with E-state index in [2.05, 4.69) is 40.1 Å². The van der Waals surface area contributed by atoms with Gasteiger partial charge in [-0.15, -0.1) is 0 Å². The number of rotatable bonds is 5. The van der Waals surface area contributed by atoms with Gasteiger partial charge in [0.15, 0.2) is 0 Å². The van der Waals surface area contributed by atoms with E-state index in [1.54, 1.807) is 0 Å². The predicted octanol–water partition coefficient (Wildman–Crippen LogP) is 4.26. The Bertz CT molecular complexity index is 535. The first kappa shape index (κ1) is 19.4. The minimum absolute atomic E-state index is 0.363. The van der Waals surface area contributed by atoms with Crippen molar-refractivity contribution in [2.45, 2.75) is 63.4 Å². The molecule has 2 unspecified atom stereocenters. The van der Waals surface area contributed by atoms with Gasteiger partial charge >= 0.3 is 0 Å². The fourth-order valence-electron chi connectivity index (χ4n) is 5.93. The average Bonchev–Trinajstić information content (AvgIpc) is 2.73. The smallest absolute Gasteiger partial charge is 0.0976 e. The molecule has 27 heavy (non-hydrogen) atoms. The van der Waals surface area contributed by atoms with Crippen LogP contribution in [-0.4, -0.2) is 54.2 Å². The predicted molar refractivity (Wildman–Crippen MR) is 112 cm³/mol. The first-order valence-electron chi connectivity index (χ1n) is 11.5. The molecule has 0 bridgehead atoms. The van der Waals surface area contributed by atoms with Gasteiger partial charge in [-0.3, -0.25) is 0 Å². The topological polar surface area (TPSA) is 26.7 Å². The molecule has 150 valence electrons. The van der Waals surface area contributed by atoms with Crippen molar-refractivity contribution in [1.29, 1.82) is 0 Å². The van der Waals surface area contributed by atoms with Crippen molar-refractivity contribution in [1.82, 2.24) is 9.80 Å². The highest BCUT2D eigenvalue weighted by Crippen LogP contribution is 2.46. The van der Waals surface area contributed by atoms with Crippen LogP contribution in [0.25, 0.3) is 0 Å². The fraction of sp³-hybridized carbons (Fsp3) is 0.750. The molecule has 2 atom stereocenters. The summed E-state index contributed by atoms with van der Waals surface area (Å²) in [5.41, 5.74) is 0.489.